The third-order valence-electron chi connectivity index (χ3n) is 3.72. The van der Waals surface area contributed by atoms with Crippen LogP contribution in [0.2, 0.25) is 0 Å². The lowest BCUT2D eigenvalue weighted by Crippen LogP contribution is -2.28. The normalized spacial score (nSPS) is 10.4. The van der Waals surface area contributed by atoms with Gasteiger partial charge in [0.25, 0.3) is 5.91 Å². The van der Waals surface area contributed by atoms with Gasteiger partial charge < -0.3 is 10.6 Å². The van der Waals surface area contributed by atoms with Crippen LogP contribution < -0.4 is 10.6 Å². The molecule has 7 nitrogen and oxygen atoms in total. The number of anilines is 1. The fourth-order valence-corrected chi connectivity index (χ4v) is 2.65. The van der Waals surface area contributed by atoms with Crippen LogP contribution in [-0.2, 0) is 11.3 Å². The largest absolute Gasteiger partial charge is 0.350 e. The standard InChI is InChI=1S/C19H18BrN5O2/c20-15-6-8-16(9-7-15)22-18(26)10-11-21-19(27)17-13-25(24-23-17)12-14-4-2-1-3-5-14/h1-9,13H,10-12H2,(H,21,27)(H,22,26). The number of nitrogens with zero attached hydrogens (tertiary/aromatic N) is 3. The molecule has 0 spiro atoms. The molecule has 2 N–H and O–H groups in total. The fraction of sp³-hybridized carbons (Fsp3) is 0.158. The van der Waals surface area contributed by atoms with Gasteiger partial charge in [0.1, 0.15) is 0 Å². The van der Waals surface area contributed by atoms with Gasteiger partial charge in [-0.3, -0.25) is 9.59 Å². The van der Waals surface area contributed by atoms with Crippen molar-refractivity contribution in [2.75, 3.05) is 11.9 Å². The summed E-state index contributed by atoms with van der Waals surface area (Å²) < 4.78 is 2.54. The Hall–Kier alpha value is -3.00. The summed E-state index contributed by atoms with van der Waals surface area (Å²) in [5.74, 6) is -0.531. The number of benzene rings is 2. The van der Waals surface area contributed by atoms with Crippen LogP contribution in [0.25, 0.3) is 0 Å². The highest BCUT2D eigenvalue weighted by Crippen LogP contribution is 2.14. The average molecular weight is 428 g/mol. The van der Waals surface area contributed by atoms with Crippen molar-refractivity contribution in [2.45, 2.75) is 13.0 Å². The van der Waals surface area contributed by atoms with Crippen LogP contribution in [0, 0.1) is 0 Å². The van der Waals surface area contributed by atoms with Gasteiger partial charge in [-0.05, 0) is 29.8 Å². The van der Waals surface area contributed by atoms with Crippen LogP contribution in [-0.4, -0.2) is 33.4 Å². The number of carbonyl (C=O) groups excluding carboxylic acids is 2. The molecule has 0 aliphatic carbocycles. The molecule has 1 heterocycles. The van der Waals surface area contributed by atoms with Crippen LogP contribution >= 0.6 is 15.9 Å². The lowest BCUT2D eigenvalue weighted by molar-refractivity contribution is -0.116. The third-order valence-corrected chi connectivity index (χ3v) is 4.25. The fourth-order valence-electron chi connectivity index (χ4n) is 2.39. The molecule has 2 amide bonds. The summed E-state index contributed by atoms with van der Waals surface area (Å²) in [6.45, 7) is 0.753. The van der Waals surface area contributed by atoms with Crippen molar-refractivity contribution in [2.24, 2.45) is 0 Å². The molecule has 0 aliphatic heterocycles. The van der Waals surface area contributed by atoms with Crippen LogP contribution in [0.3, 0.4) is 0 Å². The van der Waals surface area contributed by atoms with Gasteiger partial charge in [-0.1, -0.05) is 51.5 Å². The Balaban J connectivity index is 1.44. The van der Waals surface area contributed by atoms with E-state index < -0.39 is 0 Å². The van der Waals surface area contributed by atoms with Crippen LogP contribution in [0.5, 0.6) is 0 Å². The maximum atomic E-state index is 12.1. The first-order valence-electron chi connectivity index (χ1n) is 8.38. The lowest BCUT2D eigenvalue weighted by atomic mass is 10.2. The smallest absolute Gasteiger partial charge is 0.273 e. The molecule has 0 unspecified atom stereocenters. The molecule has 3 rings (SSSR count). The molecule has 0 saturated carbocycles. The number of hydrogen-bond donors (Lipinski definition) is 2. The summed E-state index contributed by atoms with van der Waals surface area (Å²) in [7, 11) is 0. The molecule has 0 radical (unpaired) electrons. The summed E-state index contributed by atoms with van der Waals surface area (Å²) in [6, 6.07) is 17.1. The predicted octanol–water partition coefficient (Wildman–Crippen LogP) is 2.85. The number of amides is 2. The first-order chi connectivity index (χ1) is 13.1. The van der Waals surface area contributed by atoms with E-state index in [0.717, 1.165) is 10.0 Å². The van der Waals surface area contributed by atoms with Gasteiger partial charge in [0, 0.05) is 23.1 Å². The van der Waals surface area contributed by atoms with E-state index in [1.165, 1.54) is 0 Å². The van der Waals surface area contributed by atoms with Crippen LogP contribution in [0.15, 0.2) is 65.3 Å². The summed E-state index contributed by atoms with van der Waals surface area (Å²) in [5.41, 5.74) is 2.00. The molecule has 0 atom stereocenters. The lowest BCUT2D eigenvalue weighted by Gasteiger charge is -2.06. The second kappa shape index (κ2) is 9.09. The van der Waals surface area contributed by atoms with Gasteiger partial charge >= 0.3 is 0 Å². The molecule has 138 valence electrons. The zero-order valence-electron chi connectivity index (χ0n) is 14.4. The molecular weight excluding hydrogens is 410 g/mol. The molecule has 8 heteroatoms. The van der Waals surface area contributed by atoms with Crippen LogP contribution in [0.4, 0.5) is 5.69 Å². The SMILES string of the molecule is O=C(CCNC(=O)c1cn(Cc2ccccc2)nn1)Nc1ccc(Br)cc1. The number of halogens is 1. The predicted molar refractivity (Wildman–Crippen MR) is 105 cm³/mol. The summed E-state index contributed by atoms with van der Waals surface area (Å²) in [4.78, 5) is 24.0. The average Bonchev–Trinajstić information content (AvgIpc) is 3.13. The quantitative estimate of drug-likeness (QED) is 0.606. The molecule has 0 saturated heterocycles. The zero-order chi connectivity index (χ0) is 19.1. The molecule has 1 aromatic heterocycles. The van der Waals surface area contributed by atoms with Crippen molar-refractivity contribution in [1.29, 1.82) is 0 Å². The summed E-state index contributed by atoms with van der Waals surface area (Å²) in [5, 5.41) is 13.3. The first-order valence-corrected chi connectivity index (χ1v) is 9.17. The number of hydrogen-bond acceptors (Lipinski definition) is 4. The second-order valence-corrected chi connectivity index (χ2v) is 6.76. The minimum atomic E-state index is -0.356. The highest BCUT2D eigenvalue weighted by molar-refractivity contribution is 9.10. The van der Waals surface area contributed by atoms with E-state index >= 15 is 0 Å². The highest BCUT2D eigenvalue weighted by Gasteiger charge is 2.11. The monoisotopic (exact) mass is 427 g/mol. The Kier molecular flexibility index (Phi) is 6.32. The Labute approximate surface area is 164 Å². The number of aromatic nitrogens is 3. The third kappa shape index (κ3) is 5.75. The van der Waals surface area contributed by atoms with Gasteiger partial charge in [0.2, 0.25) is 5.91 Å². The minimum absolute atomic E-state index is 0.167. The van der Waals surface area contributed by atoms with E-state index in [2.05, 4.69) is 36.9 Å². The van der Waals surface area contributed by atoms with Gasteiger partial charge in [-0.25, -0.2) is 4.68 Å². The maximum Gasteiger partial charge on any atom is 0.273 e. The van der Waals surface area contributed by atoms with E-state index in [1.807, 2.05) is 42.5 Å². The van der Waals surface area contributed by atoms with Crippen molar-refractivity contribution in [3.05, 3.63) is 76.5 Å². The Morgan fingerprint density at radius 3 is 2.52 bits per heavy atom. The van der Waals surface area contributed by atoms with E-state index in [-0.39, 0.29) is 30.5 Å². The van der Waals surface area contributed by atoms with E-state index in [9.17, 15) is 9.59 Å². The van der Waals surface area contributed by atoms with E-state index in [0.29, 0.717) is 12.2 Å². The van der Waals surface area contributed by atoms with Gasteiger partial charge in [0.15, 0.2) is 5.69 Å². The Morgan fingerprint density at radius 2 is 1.78 bits per heavy atom. The van der Waals surface area contributed by atoms with Crippen molar-refractivity contribution in [1.82, 2.24) is 20.3 Å². The minimum Gasteiger partial charge on any atom is -0.350 e. The van der Waals surface area contributed by atoms with Crippen molar-refractivity contribution < 1.29 is 9.59 Å². The van der Waals surface area contributed by atoms with Crippen LogP contribution in [0.1, 0.15) is 22.5 Å². The van der Waals surface area contributed by atoms with E-state index in [4.69, 9.17) is 0 Å². The van der Waals surface area contributed by atoms with Crippen molar-refractivity contribution in [3.8, 4) is 0 Å². The molecule has 2 aromatic carbocycles. The van der Waals surface area contributed by atoms with Gasteiger partial charge in [0.05, 0.1) is 12.7 Å². The summed E-state index contributed by atoms with van der Waals surface area (Å²) >= 11 is 3.34. The topological polar surface area (TPSA) is 88.9 Å². The molecule has 0 fully saturated rings. The number of nitrogens with one attached hydrogen (secondary N) is 2. The van der Waals surface area contributed by atoms with Crippen molar-refractivity contribution in [3.63, 3.8) is 0 Å². The van der Waals surface area contributed by atoms with Gasteiger partial charge in [-0.15, -0.1) is 5.10 Å². The number of carbonyl (C=O) groups is 2. The first kappa shape index (κ1) is 18.8. The molecule has 0 bridgehead atoms. The Morgan fingerprint density at radius 1 is 1.04 bits per heavy atom. The van der Waals surface area contributed by atoms with E-state index in [1.54, 1.807) is 23.0 Å². The summed E-state index contributed by atoms with van der Waals surface area (Å²) in [6.07, 6.45) is 1.75. The highest BCUT2D eigenvalue weighted by atomic mass is 79.9. The second-order valence-electron chi connectivity index (χ2n) is 5.85. The Bertz CT molecular complexity index is 909. The van der Waals surface area contributed by atoms with Gasteiger partial charge in [-0.2, -0.15) is 0 Å². The molecule has 0 aliphatic rings. The molecule has 3 aromatic rings. The zero-order valence-corrected chi connectivity index (χ0v) is 16.0. The molecular formula is C19H18BrN5O2. The maximum absolute atomic E-state index is 12.1. The number of rotatable bonds is 7. The van der Waals surface area contributed by atoms with Crippen molar-refractivity contribution >= 4 is 33.4 Å². The molecule has 27 heavy (non-hydrogen) atoms.